The standard InChI is InChI=1S/C27H37N2.C5H11.Au/c1-18(2)22-11-9-12-23(19(3)4)26(22)28-15-16-29(17-28)27-24(20(5)6)13-10-14-25(27)21(7)8;1-5(2,3)4;/h9-21H,1-8H3;1H2,2-4H3;/q2*-1;. The Morgan fingerprint density at radius 3 is 1.03 bits per heavy atom. The minimum atomic E-state index is 0. The molecule has 1 aliphatic heterocycles. The zero-order valence-corrected chi connectivity index (χ0v) is 26.1. The maximum absolute atomic E-state index is 3.77. The molecule has 0 aromatic heterocycles. The summed E-state index contributed by atoms with van der Waals surface area (Å²) in [6.07, 6.45) is 4.43. The smallest absolute Gasteiger partial charge is 0.0195 e. The second-order valence-electron chi connectivity index (χ2n) is 12.0. The van der Waals surface area contributed by atoms with Gasteiger partial charge in [-0.3, -0.25) is 0 Å². The number of benzene rings is 2. The maximum atomic E-state index is 3.77. The van der Waals surface area contributed by atoms with Crippen molar-refractivity contribution in [2.24, 2.45) is 5.41 Å². The first-order valence-corrected chi connectivity index (χ1v) is 12.9. The molecule has 0 aliphatic carbocycles. The van der Waals surface area contributed by atoms with Crippen LogP contribution in [0.25, 0.3) is 0 Å². The van der Waals surface area contributed by atoms with Crippen LogP contribution in [0, 0.1) is 19.0 Å². The van der Waals surface area contributed by atoms with Gasteiger partial charge in [0.2, 0.25) is 0 Å². The van der Waals surface area contributed by atoms with E-state index in [-0.39, 0.29) is 27.8 Å². The van der Waals surface area contributed by atoms with E-state index in [9.17, 15) is 0 Å². The molecular formula is C32H48AuN2-2. The first kappa shape index (κ1) is 31.6. The van der Waals surface area contributed by atoms with Crippen molar-refractivity contribution in [2.75, 3.05) is 9.80 Å². The van der Waals surface area contributed by atoms with E-state index >= 15 is 0 Å². The summed E-state index contributed by atoms with van der Waals surface area (Å²) in [4.78, 5) is 4.65. The summed E-state index contributed by atoms with van der Waals surface area (Å²) in [5, 5.41) is 0. The summed E-state index contributed by atoms with van der Waals surface area (Å²) in [5.41, 5.74) is 8.54. The Bertz CT molecular complexity index is 834. The van der Waals surface area contributed by atoms with Crippen molar-refractivity contribution >= 4 is 11.4 Å². The molecule has 0 N–H and O–H groups in total. The molecule has 0 saturated heterocycles. The molecule has 35 heavy (non-hydrogen) atoms. The fourth-order valence-corrected chi connectivity index (χ4v) is 4.24. The second kappa shape index (κ2) is 13.2. The van der Waals surface area contributed by atoms with Crippen LogP contribution in [0.15, 0.2) is 48.8 Å². The third-order valence-electron chi connectivity index (χ3n) is 5.84. The number of anilines is 2. The molecule has 0 amide bonds. The van der Waals surface area contributed by atoms with E-state index in [1.54, 1.807) is 0 Å². The van der Waals surface area contributed by atoms with Gasteiger partial charge in [-0.15, -0.1) is 6.67 Å². The van der Waals surface area contributed by atoms with Crippen LogP contribution in [0.1, 0.15) is 122 Å². The topological polar surface area (TPSA) is 6.48 Å². The Balaban J connectivity index is 0.000000927. The molecular weight excluding hydrogens is 609 g/mol. The predicted octanol–water partition coefficient (Wildman–Crippen LogP) is 9.96. The van der Waals surface area contributed by atoms with Crippen LogP contribution in [-0.2, 0) is 22.4 Å². The summed E-state index contributed by atoms with van der Waals surface area (Å²) >= 11 is 0. The molecule has 0 unspecified atom stereocenters. The van der Waals surface area contributed by atoms with Crippen LogP contribution < -0.4 is 9.80 Å². The Morgan fingerprint density at radius 1 is 0.600 bits per heavy atom. The predicted molar refractivity (Wildman–Crippen MR) is 152 cm³/mol. The number of para-hydroxylation sites is 2. The Hall–Kier alpha value is -1.48. The van der Waals surface area contributed by atoms with Crippen LogP contribution in [-0.4, -0.2) is 0 Å². The van der Waals surface area contributed by atoms with Crippen molar-refractivity contribution in [2.45, 2.75) is 99.8 Å². The molecule has 2 aromatic rings. The van der Waals surface area contributed by atoms with Gasteiger partial charge >= 0.3 is 0 Å². The SMILES string of the molecule is CC(C)c1cccc(C(C)C)c1N1C=CN(c2c(C(C)C)cccc2C(C)C)[CH-]1.[Au].[CH2-]C(C)(C)C. The van der Waals surface area contributed by atoms with Gasteiger partial charge in [0.25, 0.3) is 0 Å². The monoisotopic (exact) mass is 657 g/mol. The van der Waals surface area contributed by atoms with E-state index in [1.807, 2.05) is 0 Å². The van der Waals surface area contributed by atoms with Crippen molar-refractivity contribution < 1.29 is 22.4 Å². The van der Waals surface area contributed by atoms with Crippen molar-refractivity contribution in [1.29, 1.82) is 0 Å². The quantitative estimate of drug-likeness (QED) is 0.225. The van der Waals surface area contributed by atoms with E-state index in [4.69, 9.17) is 0 Å². The van der Waals surface area contributed by atoms with Gasteiger partial charge in [-0.25, -0.2) is 0 Å². The third kappa shape index (κ3) is 8.55. The molecule has 0 fully saturated rings. The fraction of sp³-hybridized carbons (Fsp3) is 0.500. The molecule has 2 aromatic carbocycles. The zero-order chi connectivity index (χ0) is 25.8. The largest absolute Gasteiger partial charge is 0.479 e. The number of nitrogens with zero attached hydrogens (tertiary/aromatic N) is 2. The summed E-state index contributed by atoms with van der Waals surface area (Å²) in [5.74, 6) is 1.92. The second-order valence-corrected chi connectivity index (χ2v) is 12.0. The molecule has 1 aliphatic rings. The minimum absolute atomic E-state index is 0. The average molecular weight is 658 g/mol. The van der Waals surface area contributed by atoms with E-state index < -0.39 is 0 Å². The summed E-state index contributed by atoms with van der Waals surface area (Å²) in [6, 6.07) is 13.5. The molecule has 199 valence electrons. The molecule has 1 heterocycles. The number of hydrogen-bond acceptors (Lipinski definition) is 2. The van der Waals surface area contributed by atoms with Crippen LogP contribution in [0.2, 0.25) is 0 Å². The van der Waals surface area contributed by atoms with E-state index in [0.29, 0.717) is 23.7 Å². The van der Waals surface area contributed by atoms with E-state index in [0.717, 1.165) is 0 Å². The van der Waals surface area contributed by atoms with Crippen LogP contribution in [0.4, 0.5) is 11.4 Å². The van der Waals surface area contributed by atoms with Crippen LogP contribution in [0.3, 0.4) is 0 Å². The van der Waals surface area contributed by atoms with Gasteiger partial charge in [-0.1, -0.05) is 113 Å². The van der Waals surface area contributed by atoms with E-state index in [1.165, 1.54) is 33.6 Å². The average Bonchev–Trinajstić information content (AvgIpc) is 3.20. The molecule has 0 atom stereocenters. The van der Waals surface area contributed by atoms with Gasteiger partial charge in [-0.05, 0) is 58.3 Å². The zero-order valence-electron chi connectivity index (χ0n) is 23.9. The normalized spacial score (nSPS) is 13.6. The van der Waals surface area contributed by atoms with Gasteiger partial charge in [0, 0.05) is 33.8 Å². The first-order valence-electron chi connectivity index (χ1n) is 12.9. The molecule has 0 saturated carbocycles. The molecule has 3 rings (SSSR count). The summed E-state index contributed by atoms with van der Waals surface area (Å²) in [6.45, 7) is 30.5. The minimum Gasteiger partial charge on any atom is -0.479 e. The molecule has 3 heteroatoms. The Morgan fingerprint density at radius 2 is 0.829 bits per heavy atom. The Labute approximate surface area is 232 Å². The van der Waals surface area contributed by atoms with Gasteiger partial charge < -0.3 is 16.7 Å². The molecule has 1 radical (unpaired) electrons. The third-order valence-corrected chi connectivity index (χ3v) is 5.84. The van der Waals surface area contributed by atoms with Crippen molar-refractivity contribution in [3.05, 3.63) is 84.6 Å². The van der Waals surface area contributed by atoms with Gasteiger partial charge in [0.1, 0.15) is 0 Å². The summed E-state index contributed by atoms with van der Waals surface area (Å²) in [7, 11) is 0. The van der Waals surface area contributed by atoms with Gasteiger partial charge in [0.15, 0.2) is 0 Å². The first-order chi connectivity index (χ1) is 15.7. The fourth-order valence-electron chi connectivity index (χ4n) is 4.24. The van der Waals surface area contributed by atoms with Crippen LogP contribution >= 0.6 is 0 Å². The Kier molecular flexibility index (Phi) is 11.9. The van der Waals surface area contributed by atoms with Crippen molar-refractivity contribution in [3.63, 3.8) is 0 Å². The van der Waals surface area contributed by atoms with Gasteiger partial charge in [-0.2, -0.15) is 5.41 Å². The maximum Gasteiger partial charge on any atom is 0.0195 e. The van der Waals surface area contributed by atoms with Crippen LogP contribution in [0.5, 0.6) is 0 Å². The van der Waals surface area contributed by atoms with Crippen molar-refractivity contribution in [1.82, 2.24) is 0 Å². The van der Waals surface area contributed by atoms with Gasteiger partial charge in [0.05, 0.1) is 0 Å². The summed E-state index contributed by atoms with van der Waals surface area (Å²) < 4.78 is 0. The van der Waals surface area contributed by atoms with E-state index in [2.05, 4.69) is 148 Å². The molecule has 0 spiro atoms. The van der Waals surface area contributed by atoms with Crippen molar-refractivity contribution in [3.8, 4) is 0 Å². The molecule has 2 nitrogen and oxygen atoms in total. The number of hydrogen-bond donors (Lipinski definition) is 0. The molecule has 0 bridgehead atoms. The number of rotatable bonds is 6.